The molecule has 0 rings (SSSR count). The van der Waals surface area contributed by atoms with Crippen molar-refractivity contribution in [2.24, 2.45) is 0 Å². The van der Waals surface area contributed by atoms with Crippen LogP contribution in [0.2, 0.25) is 0 Å². The highest BCUT2D eigenvalue weighted by molar-refractivity contribution is 7.47. The Balaban J connectivity index is 4.46. The summed E-state index contributed by atoms with van der Waals surface area (Å²) in [5, 5.41) is 20.7. The van der Waals surface area contributed by atoms with E-state index in [2.05, 4.69) is 142 Å². The molecule has 0 heterocycles. The molecule has 0 bridgehead atoms. The predicted molar refractivity (Wildman–Crippen MR) is 454 cm³/mol. The third-order valence-electron chi connectivity index (χ3n) is 18.6. The molecule has 0 saturated carbocycles. The molecule has 0 spiro atoms. The average molecular weight is 1570 g/mol. The highest BCUT2D eigenvalue weighted by Crippen LogP contribution is 2.45. The van der Waals surface area contributed by atoms with E-state index in [0.717, 1.165) is 141 Å². The molecule has 0 aromatic heterocycles. The van der Waals surface area contributed by atoms with E-state index in [-0.39, 0.29) is 19.3 Å². The molecule has 0 radical (unpaired) electrons. The fourth-order valence-corrected chi connectivity index (χ4v) is 13.6. The molecule has 0 fully saturated rings. The van der Waals surface area contributed by atoms with Crippen LogP contribution in [0.4, 0.5) is 0 Å². The van der Waals surface area contributed by atoms with Gasteiger partial charge in [0, 0.05) is 19.3 Å². The number of allylic oxidation sites excluding steroid dienone is 20. The quantitative estimate of drug-likeness (QED) is 0.0146. The molecule has 0 amide bonds. The molecule has 0 aromatic carbocycles. The fourth-order valence-electron chi connectivity index (χ4n) is 12.0. The molecule has 5 unspecified atom stereocenters. The summed E-state index contributed by atoms with van der Waals surface area (Å²) in [6, 6.07) is 0. The third-order valence-corrected chi connectivity index (χ3v) is 20.5. The summed E-state index contributed by atoms with van der Waals surface area (Å²) in [5.41, 5.74) is 0. The van der Waals surface area contributed by atoms with Gasteiger partial charge in [-0.05, 0) is 135 Å². The number of carbonyl (C=O) groups is 3. The third kappa shape index (κ3) is 84.7. The number of unbranched alkanes of at least 4 members (excludes halogenated alkanes) is 40. The van der Waals surface area contributed by atoms with Crippen molar-refractivity contribution in [2.75, 3.05) is 39.6 Å². The molecule has 5 atom stereocenters. The number of ether oxygens (including phenoxy) is 3. The van der Waals surface area contributed by atoms with Crippen molar-refractivity contribution < 1.29 is 75.8 Å². The molecule has 630 valence electrons. The smallest absolute Gasteiger partial charge is 0.463 e. The Kier molecular flexibility index (Phi) is 80.3. The molecule has 0 aromatic rings. The number of aliphatic hydroxyl groups is 2. The molecule has 0 aliphatic carbocycles. The molecule has 0 saturated heterocycles. The minimum atomic E-state index is -4.94. The maximum atomic E-state index is 13.0. The highest BCUT2D eigenvalue weighted by Gasteiger charge is 2.29. The number of aliphatic hydroxyl groups excluding tert-OH is 2. The Labute approximate surface area is 665 Å². The number of hydrogen-bond acceptors (Lipinski definition) is 14. The number of esters is 3. The van der Waals surface area contributed by atoms with Gasteiger partial charge in [-0.2, -0.15) is 0 Å². The van der Waals surface area contributed by atoms with Crippen molar-refractivity contribution >= 4 is 33.6 Å². The van der Waals surface area contributed by atoms with E-state index in [1.165, 1.54) is 180 Å². The van der Waals surface area contributed by atoms with Crippen LogP contribution >= 0.6 is 15.6 Å². The maximum absolute atomic E-state index is 13.0. The Morgan fingerprint density at radius 2 is 0.486 bits per heavy atom. The largest absolute Gasteiger partial charge is 0.472 e. The summed E-state index contributed by atoms with van der Waals surface area (Å²) in [7, 11) is -9.80. The van der Waals surface area contributed by atoms with Crippen LogP contribution in [0.5, 0.6) is 0 Å². The van der Waals surface area contributed by atoms with Crippen LogP contribution in [0, 0.1) is 0 Å². The zero-order valence-electron chi connectivity index (χ0n) is 69.2. The molecule has 4 N–H and O–H groups in total. The normalized spacial score (nSPS) is 14.4. The van der Waals surface area contributed by atoms with Crippen molar-refractivity contribution in [2.45, 2.75) is 399 Å². The molecular formula is C91H160O16P2. The van der Waals surface area contributed by atoms with Crippen LogP contribution in [0.15, 0.2) is 122 Å². The van der Waals surface area contributed by atoms with Crippen molar-refractivity contribution in [1.82, 2.24) is 0 Å². The van der Waals surface area contributed by atoms with Gasteiger partial charge >= 0.3 is 33.6 Å². The SMILES string of the molecule is CC/C=C\C/C=C\C/C=C\C/C=C\C/C=C\CCCCCCCCCCCCCCCCCCCC(=O)OCC(O)COP(=O)(O)OCC(O)COP(=O)(O)OCC(COC(=O)CCCCCCCCCCC/C=C\C/C=C\C/C=C\C/C=C\CCCCC)OC(=O)CCCCCCC/C=C\CCCCCCCC. The molecule has 16 nitrogen and oxygen atoms in total. The van der Waals surface area contributed by atoms with E-state index in [9.17, 15) is 43.5 Å². The first-order valence-electron chi connectivity index (χ1n) is 43.8. The van der Waals surface area contributed by atoms with Crippen LogP contribution in [-0.2, 0) is 55.8 Å². The van der Waals surface area contributed by atoms with E-state index in [1.807, 2.05) is 0 Å². The summed E-state index contributed by atoms with van der Waals surface area (Å²) < 4.78 is 61.3. The first-order valence-corrected chi connectivity index (χ1v) is 46.8. The Bertz CT molecular complexity index is 2460. The lowest BCUT2D eigenvalue weighted by Crippen LogP contribution is -2.30. The summed E-state index contributed by atoms with van der Waals surface area (Å²) >= 11 is 0. The number of rotatable bonds is 83. The monoisotopic (exact) mass is 1570 g/mol. The topological polar surface area (TPSA) is 231 Å². The molecule has 0 aliphatic rings. The van der Waals surface area contributed by atoms with E-state index in [0.29, 0.717) is 19.3 Å². The van der Waals surface area contributed by atoms with Crippen LogP contribution < -0.4 is 0 Å². The van der Waals surface area contributed by atoms with E-state index >= 15 is 0 Å². The first-order chi connectivity index (χ1) is 53.2. The Hall–Kier alpha value is -4.05. The van der Waals surface area contributed by atoms with E-state index in [1.54, 1.807) is 0 Å². The molecule has 0 aliphatic heterocycles. The zero-order chi connectivity index (χ0) is 79.4. The molecule has 109 heavy (non-hydrogen) atoms. The summed E-state index contributed by atoms with van der Waals surface area (Å²) in [5.74, 6) is -1.58. The van der Waals surface area contributed by atoms with Crippen molar-refractivity contribution in [3.05, 3.63) is 122 Å². The summed E-state index contributed by atoms with van der Waals surface area (Å²) in [6.45, 7) is 2.57. The van der Waals surface area contributed by atoms with Gasteiger partial charge in [0.15, 0.2) is 6.10 Å². The van der Waals surface area contributed by atoms with Crippen LogP contribution in [0.25, 0.3) is 0 Å². The van der Waals surface area contributed by atoms with Crippen LogP contribution in [0.1, 0.15) is 380 Å². The van der Waals surface area contributed by atoms with Gasteiger partial charge in [-0.1, -0.05) is 348 Å². The van der Waals surface area contributed by atoms with Crippen molar-refractivity contribution in [1.29, 1.82) is 0 Å². The van der Waals surface area contributed by atoms with Gasteiger partial charge in [0.2, 0.25) is 0 Å². The van der Waals surface area contributed by atoms with Gasteiger partial charge in [0.1, 0.15) is 25.4 Å². The van der Waals surface area contributed by atoms with Gasteiger partial charge in [0.25, 0.3) is 0 Å². The first kappa shape index (κ1) is 105. The van der Waals surface area contributed by atoms with Gasteiger partial charge in [-0.15, -0.1) is 0 Å². The molecular weight excluding hydrogens is 1410 g/mol. The van der Waals surface area contributed by atoms with E-state index < -0.39 is 91.5 Å². The van der Waals surface area contributed by atoms with Gasteiger partial charge in [-0.25, -0.2) is 9.13 Å². The zero-order valence-corrected chi connectivity index (χ0v) is 71.0. The minimum absolute atomic E-state index is 0.0936. The van der Waals surface area contributed by atoms with Crippen LogP contribution in [0.3, 0.4) is 0 Å². The van der Waals surface area contributed by atoms with Gasteiger partial charge < -0.3 is 34.2 Å². The number of phosphoric acid groups is 2. The Morgan fingerprint density at radius 3 is 0.798 bits per heavy atom. The minimum Gasteiger partial charge on any atom is -0.463 e. The second kappa shape index (κ2) is 83.4. The lowest BCUT2D eigenvalue weighted by Gasteiger charge is -2.21. The number of carbonyl (C=O) groups excluding carboxylic acids is 3. The predicted octanol–water partition coefficient (Wildman–Crippen LogP) is 26.4. The molecule has 18 heteroatoms. The standard InChI is InChI=1S/C91H160O16P2/c1-4-7-10-13-16-19-22-25-28-30-32-34-36-38-39-40-41-42-43-44-45-47-49-50-52-54-57-59-62-65-68-71-74-77-89(94)101-80-86(92)81-103-108(97,98)104-82-87(93)83-105-109(99,100)106-85-88(107-91(96)79-76-73-70-67-64-61-56-27-24-21-18-15-12-9-6-3)84-102-90(95)78-75-72-69-66-63-60-58-55-53-51-48-46-37-35-33-31-29-26-23-20-17-14-11-8-5-2/h7,10,16-17,19-20,25-29,32-35,38-39,46,48,56,86-88,92-93H,4-6,8-9,11-15,18,21-24,30-31,36-37,40-45,47,49-55,57-85H2,1-3H3,(H,97,98)(H,99,100)/b10-7-,19-16-,20-17-,28-25-,29-26-,34-32-,35-33-,39-38-,48-46-,56-27-. The fraction of sp³-hybridized carbons (Fsp3) is 0.747. The second-order valence-electron chi connectivity index (χ2n) is 29.3. The Morgan fingerprint density at radius 1 is 0.266 bits per heavy atom. The summed E-state index contributed by atoms with van der Waals surface area (Å²) in [6.07, 6.45) is 101. The van der Waals surface area contributed by atoms with Crippen molar-refractivity contribution in [3.8, 4) is 0 Å². The number of hydrogen-bond donors (Lipinski definition) is 4. The number of phosphoric ester groups is 2. The lowest BCUT2D eigenvalue weighted by atomic mass is 10.0. The van der Waals surface area contributed by atoms with Crippen molar-refractivity contribution in [3.63, 3.8) is 0 Å². The van der Waals surface area contributed by atoms with Crippen LogP contribution in [-0.4, -0.2) is 95.9 Å². The van der Waals surface area contributed by atoms with E-state index in [4.69, 9.17) is 32.3 Å². The highest BCUT2D eigenvalue weighted by atomic mass is 31.2. The van der Waals surface area contributed by atoms with Gasteiger partial charge in [0.05, 0.1) is 26.4 Å². The lowest BCUT2D eigenvalue weighted by molar-refractivity contribution is -0.161. The average Bonchev–Trinajstić information content (AvgIpc) is 0.903. The summed E-state index contributed by atoms with van der Waals surface area (Å²) in [4.78, 5) is 58.8. The van der Waals surface area contributed by atoms with Gasteiger partial charge in [-0.3, -0.25) is 32.5 Å². The maximum Gasteiger partial charge on any atom is 0.472 e. The second-order valence-corrected chi connectivity index (χ2v) is 32.2.